The van der Waals surface area contributed by atoms with Crippen molar-refractivity contribution in [3.63, 3.8) is 0 Å². The molecule has 1 spiro atoms. The first-order valence-corrected chi connectivity index (χ1v) is 8.30. The van der Waals surface area contributed by atoms with Crippen LogP contribution in [0.1, 0.15) is 44.6 Å². The van der Waals surface area contributed by atoms with Gasteiger partial charge in [0.05, 0.1) is 5.54 Å². The molecule has 2 fully saturated rings. The summed E-state index contributed by atoms with van der Waals surface area (Å²) in [5.74, 6) is 0.807. The fraction of sp³-hybridized carbons (Fsp3) is 0.647. The van der Waals surface area contributed by atoms with Gasteiger partial charge in [0.2, 0.25) is 5.91 Å². The zero-order chi connectivity index (χ0) is 15.6. The summed E-state index contributed by atoms with van der Waals surface area (Å²) in [5, 5.41) is 0. The standard InChI is InChI=1S/C17H26N4O/c1-14(22)21-10-9-20(12-15-5-8-19-16(18)11-15)13-17(21)6-3-2-4-7-17/h5,8,11H,2-4,6-7,9-10,12-13H2,1H3,(H2,18,19). The molecular weight excluding hydrogens is 276 g/mol. The van der Waals surface area contributed by atoms with Gasteiger partial charge >= 0.3 is 0 Å². The molecule has 1 aromatic heterocycles. The van der Waals surface area contributed by atoms with Crippen LogP contribution in [0, 0.1) is 0 Å². The van der Waals surface area contributed by atoms with Crippen molar-refractivity contribution in [2.24, 2.45) is 0 Å². The molecule has 3 rings (SSSR count). The van der Waals surface area contributed by atoms with Crippen molar-refractivity contribution in [3.8, 4) is 0 Å². The molecule has 5 heteroatoms. The summed E-state index contributed by atoms with van der Waals surface area (Å²) in [6.45, 7) is 5.37. The summed E-state index contributed by atoms with van der Waals surface area (Å²) >= 11 is 0. The van der Waals surface area contributed by atoms with Gasteiger partial charge in [0.1, 0.15) is 5.82 Å². The highest BCUT2D eigenvalue weighted by Crippen LogP contribution is 2.37. The van der Waals surface area contributed by atoms with E-state index >= 15 is 0 Å². The topological polar surface area (TPSA) is 62.5 Å². The molecule has 1 saturated heterocycles. The van der Waals surface area contributed by atoms with Crippen molar-refractivity contribution in [2.75, 3.05) is 25.4 Å². The Labute approximate surface area is 132 Å². The predicted molar refractivity (Wildman–Crippen MR) is 87.1 cm³/mol. The van der Waals surface area contributed by atoms with Crippen LogP contribution in [0.25, 0.3) is 0 Å². The lowest BCUT2D eigenvalue weighted by Crippen LogP contribution is -2.63. The predicted octanol–water partition coefficient (Wildman–Crippen LogP) is 2.03. The summed E-state index contributed by atoms with van der Waals surface area (Å²) in [7, 11) is 0. The highest BCUT2D eigenvalue weighted by Gasteiger charge is 2.43. The Balaban J connectivity index is 1.74. The molecule has 0 aromatic carbocycles. The number of rotatable bonds is 2. The third-order valence-corrected chi connectivity index (χ3v) is 5.15. The third kappa shape index (κ3) is 3.09. The molecule has 0 unspecified atom stereocenters. The first-order valence-electron chi connectivity index (χ1n) is 8.30. The maximum absolute atomic E-state index is 12.1. The van der Waals surface area contributed by atoms with Crippen molar-refractivity contribution < 1.29 is 4.79 Å². The van der Waals surface area contributed by atoms with Gasteiger partial charge in [-0.1, -0.05) is 19.3 Å². The number of aromatic nitrogens is 1. The average molecular weight is 302 g/mol. The van der Waals surface area contributed by atoms with Crippen LogP contribution in [0.4, 0.5) is 5.82 Å². The van der Waals surface area contributed by atoms with E-state index in [-0.39, 0.29) is 11.4 Å². The van der Waals surface area contributed by atoms with E-state index in [1.165, 1.54) is 24.8 Å². The summed E-state index contributed by atoms with van der Waals surface area (Å²) in [5.41, 5.74) is 7.04. The van der Waals surface area contributed by atoms with Gasteiger partial charge in [-0.3, -0.25) is 9.69 Å². The number of hydrogen-bond acceptors (Lipinski definition) is 4. The van der Waals surface area contributed by atoms with E-state index in [1.54, 1.807) is 13.1 Å². The van der Waals surface area contributed by atoms with Crippen LogP contribution in [0.5, 0.6) is 0 Å². The molecule has 1 aliphatic carbocycles. The number of nitrogens with zero attached hydrogens (tertiary/aromatic N) is 3. The van der Waals surface area contributed by atoms with Crippen LogP contribution >= 0.6 is 0 Å². The lowest BCUT2D eigenvalue weighted by Gasteiger charge is -2.52. The molecule has 1 aromatic rings. The van der Waals surface area contributed by atoms with E-state index in [1.807, 2.05) is 12.1 Å². The van der Waals surface area contributed by atoms with Crippen LogP contribution < -0.4 is 5.73 Å². The quantitative estimate of drug-likeness (QED) is 0.908. The molecule has 2 heterocycles. The third-order valence-electron chi connectivity index (χ3n) is 5.15. The van der Waals surface area contributed by atoms with E-state index in [4.69, 9.17) is 5.73 Å². The maximum atomic E-state index is 12.1. The Bertz CT molecular complexity index is 539. The van der Waals surface area contributed by atoms with E-state index in [9.17, 15) is 4.79 Å². The zero-order valence-corrected chi connectivity index (χ0v) is 13.4. The largest absolute Gasteiger partial charge is 0.384 e. The molecule has 120 valence electrons. The highest BCUT2D eigenvalue weighted by atomic mass is 16.2. The number of piperazine rings is 1. The molecule has 2 N–H and O–H groups in total. The van der Waals surface area contributed by atoms with Gasteiger partial charge in [-0.25, -0.2) is 4.98 Å². The summed E-state index contributed by atoms with van der Waals surface area (Å²) < 4.78 is 0. The van der Waals surface area contributed by atoms with Gasteiger partial charge < -0.3 is 10.6 Å². The Morgan fingerprint density at radius 3 is 2.77 bits per heavy atom. The van der Waals surface area contributed by atoms with Crippen molar-refractivity contribution in [1.82, 2.24) is 14.8 Å². The Morgan fingerprint density at radius 2 is 2.09 bits per heavy atom. The minimum absolute atomic E-state index is 0.0565. The van der Waals surface area contributed by atoms with Gasteiger partial charge in [-0.2, -0.15) is 0 Å². The number of nitrogens with two attached hydrogens (primary N) is 1. The molecule has 5 nitrogen and oxygen atoms in total. The summed E-state index contributed by atoms with van der Waals surface area (Å²) in [6.07, 6.45) is 7.82. The molecule has 0 bridgehead atoms. The van der Waals surface area contributed by atoms with Gasteiger partial charge in [-0.05, 0) is 30.5 Å². The molecule has 0 radical (unpaired) electrons. The summed E-state index contributed by atoms with van der Waals surface area (Å²) in [4.78, 5) is 20.7. The number of amides is 1. The highest BCUT2D eigenvalue weighted by molar-refractivity contribution is 5.74. The lowest BCUT2D eigenvalue weighted by molar-refractivity contribution is -0.142. The Hall–Kier alpha value is -1.62. The average Bonchev–Trinajstić information content (AvgIpc) is 2.48. The van der Waals surface area contributed by atoms with E-state index in [0.29, 0.717) is 5.82 Å². The van der Waals surface area contributed by atoms with Crippen molar-refractivity contribution in [3.05, 3.63) is 23.9 Å². The van der Waals surface area contributed by atoms with E-state index in [0.717, 1.165) is 39.0 Å². The van der Waals surface area contributed by atoms with Gasteiger partial charge in [0.25, 0.3) is 0 Å². The number of carbonyl (C=O) groups is 1. The number of nitrogen functional groups attached to an aromatic ring is 1. The first-order chi connectivity index (χ1) is 10.6. The number of carbonyl (C=O) groups excluding carboxylic acids is 1. The second-order valence-corrected chi connectivity index (χ2v) is 6.76. The maximum Gasteiger partial charge on any atom is 0.219 e. The smallest absolute Gasteiger partial charge is 0.219 e. The van der Waals surface area contributed by atoms with Gasteiger partial charge in [-0.15, -0.1) is 0 Å². The van der Waals surface area contributed by atoms with E-state index < -0.39 is 0 Å². The van der Waals surface area contributed by atoms with Gasteiger partial charge in [0, 0.05) is 39.3 Å². The minimum atomic E-state index is 0.0565. The monoisotopic (exact) mass is 302 g/mol. The first kappa shape index (κ1) is 15.3. The zero-order valence-electron chi connectivity index (χ0n) is 13.4. The van der Waals surface area contributed by atoms with Crippen LogP contribution in [0.15, 0.2) is 18.3 Å². The molecule has 1 amide bonds. The van der Waals surface area contributed by atoms with Gasteiger partial charge in [0.15, 0.2) is 0 Å². The van der Waals surface area contributed by atoms with E-state index in [2.05, 4.69) is 14.8 Å². The van der Waals surface area contributed by atoms with Crippen LogP contribution in [0.2, 0.25) is 0 Å². The minimum Gasteiger partial charge on any atom is -0.384 e. The SMILES string of the molecule is CC(=O)N1CCN(Cc2ccnc(N)c2)CC12CCCCC2. The number of pyridine rings is 1. The molecule has 22 heavy (non-hydrogen) atoms. The lowest BCUT2D eigenvalue weighted by atomic mass is 9.78. The van der Waals surface area contributed by atoms with Crippen molar-refractivity contribution in [2.45, 2.75) is 51.1 Å². The van der Waals surface area contributed by atoms with Crippen molar-refractivity contribution in [1.29, 1.82) is 0 Å². The normalized spacial score (nSPS) is 22.0. The number of hydrogen-bond donors (Lipinski definition) is 1. The Kier molecular flexibility index (Phi) is 4.34. The number of anilines is 1. The second kappa shape index (κ2) is 6.24. The Morgan fingerprint density at radius 1 is 1.32 bits per heavy atom. The van der Waals surface area contributed by atoms with Crippen molar-refractivity contribution >= 4 is 11.7 Å². The molecule has 2 aliphatic rings. The fourth-order valence-corrected chi connectivity index (χ4v) is 4.17. The molecule has 1 aliphatic heterocycles. The molecule has 0 atom stereocenters. The fourth-order valence-electron chi connectivity index (χ4n) is 4.17. The summed E-state index contributed by atoms with van der Waals surface area (Å²) in [6, 6.07) is 3.98. The molecular formula is C17H26N4O. The van der Waals surface area contributed by atoms with Crippen LogP contribution in [-0.4, -0.2) is 45.9 Å². The van der Waals surface area contributed by atoms with Crippen LogP contribution in [-0.2, 0) is 11.3 Å². The second-order valence-electron chi connectivity index (χ2n) is 6.76. The molecule has 1 saturated carbocycles. The van der Waals surface area contributed by atoms with Crippen LogP contribution in [0.3, 0.4) is 0 Å².